The Labute approximate surface area is 170 Å². The molecule has 4 nitrogen and oxygen atoms in total. The lowest BCUT2D eigenvalue weighted by atomic mass is 9.98. The maximum absolute atomic E-state index is 12.5. The Balaban J connectivity index is 1.79. The van der Waals surface area contributed by atoms with E-state index in [0.717, 1.165) is 32.1 Å². The van der Waals surface area contributed by atoms with Crippen LogP contribution in [0.25, 0.3) is 0 Å². The van der Waals surface area contributed by atoms with E-state index in [4.69, 9.17) is 0 Å². The van der Waals surface area contributed by atoms with Crippen molar-refractivity contribution in [3.05, 3.63) is 47.7 Å². The van der Waals surface area contributed by atoms with E-state index in [1.165, 1.54) is 50.5 Å². The average Bonchev–Trinajstić information content (AvgIpc) is 2.71. The van der Waals surface area contributed by atoms with Crippen molar-refractivity contribution in [3.63, 3.8) is 0 Å². The van der Waals surface area contributed by atoms with E-state index in [1.54, 1.807) is 6.20 Å². The number of nitriles is 1. The lowest BCUT2D eigenvalue weighted by Crippen LogP contribution is -2.36. The molecule has 0 heterocycles. The first-order valence-electron chi connectivity index (χ1n) is 11.0. The SMILES string of the molecule is N#C/C(=C/NCCc1ccccc1)C(=O)NC1CCCCCCCCCCC1. The average molecular weight is 382 g/mol. The Morgan fingerprint density at radius 2 is 1.54 bits per heavy atom. The van der Waals surface area contributed by atoms with E-state index in [0.29, 0.717) is 6.54 Å². The molecule has 0 aliphatic heterocycles. The molecule has 0 atom stereocenters. The quantitative estimate of drug-likeness (QED) is 0.413. The molecule has 4 heteroatoms. The van der Waals surface area contributed by atoms with Crippen molar-refractivity contribution in [1.29, 1.82) is 5.26 Å². The lowest BCUT2D eigenvalue weighted by molar-refractivity contribution is -0.117. The van der Waals surface area contributed by atoms with E-state index in [-0.39, 0.29) is 17.5 Å². The van der Waals surface area contributed by atoms with Gasteiger partial charge in [-0.1, -0.05) is 88.1 Å². The van der Waals surface area contributed by atoms with Crippen LogP contribution in [0.4, 0.5) is 0 Å². The second-order valence-electron chi connectivity index (χ2n) is 7.79. The molecule has 1 fully saturated rings. The van der Waals surface area contributed by atoms with Crippen molar-refractivity contribution >= 4 is 5.91 Å². The fraction of sp³-hybridized carbons (Fsp3) is 0.583. The summed E-state index contributed by atoms with van der Waals surface area (Å²) in [5.41, 5.74) is 1.40. The van der Waals surface area contributed by atoms with Gasteiger partial charge in [0.2, 0.25) is 0 Å². The molecule has 0 saturated heterocycles. The monoisotopic (exact) mass is 381 g/mol. The van der Waals surface area contributed by atoms with Gasteiger partial charge in [0.25, 0.3) is 5.91 Å². The predicted molar refractivity (Wildman–Crippen MR) is 115 cm³/mol. The summed E-state index contributed by atoms with van der Waals surface area (Å²) in [5.74, 6) is -0.244. The minimum Gasteiger partial charge on any atom is -0.389 e. The van der Waals surface area contributed by atoms with Crippen molar-refractivity contribution < 1.29 is 4.79 Å². The highest BCUT2D eigenvalue weighted by molar-refractivity contribution is 5.97. The molecule has 1 amide bonds. The van der Waals surface area contributed by atoms with E-state index in [1.807, 2.05) is 24.3 Å². The smallest absolute Gasteiger partial charge is 0.263 e. The lowest BCUT2D eigenvalue weighted by Gasteiger charge is -2.19. The summed E-state index contributed by atoms with van der Waals surface area (Å²) in [6.45, 7) is 0.700. The second-order valence-corrected chi connectivity index (χ2v) is 7.79. The first kappa shape index (κ1) is 22.0. The third-order valence-corrected chi connectivity index (χ3v) is 5.45. The minimum absolute atomic E-state index is 0.166. The Morgan fingerprint density at radius 3 is 2.11 bits per heavy atom. The van der Waals surface area contributed by atoms with Crippen molar-refractivity contribution in [2.24, 2.45) is 0 Å². The van der Waals surface area contributed by atoms with Crippen LogP contribution >= 0.6 is 0 Å². The second kappa shape index (κ2) is 13.8. The first-order valence-corrected chi connectivity index (χ1v) is 11.0. The number of carbonyl (C=O) groups is 1. The number of rotatable bonds is 6. The van der Waals surface area contributed by atoms with Gasteiger partial charge in [0.1, 0.15) is 11.6 Å². The molecule has 0 spiro atoms. The van der Waals surface area contributed by atoms with Gasteiger partial charge in [-0.25, -0.2) is 0 Å². The van der Waals surface area contributed by atoms with Gasteiger partial charge in [-0.2, -0.15) is 5.26 Å². The van der Waals surface area contributed by atoms with Gasteiger partial charge in [-0.05, 0) is 24.8 Å². The Kier molecular flexibility index (Phi) is 10.9. The summed E-state index contributed by atoms with van der Waals surface area (Å²) in [6.07, 6.45) is 15.9. The molecule has 1 saturated carbocycles. The largest absolute Gasteiger partial charge is 0.389 e. The molecule has 2 rings (SSSR count). The van der Waals surface area contributed by atoms with E-state index in [2.05, 4.69) is 22.8 Å². The predicted octanol–water partition coefficient (Wildman–Crippen LogP) is 5.02. The number of nitrogens with one attached hydrogen (secondary N) is 2. The molecule has 1 aliphatic carbocycles. The number of hydrogen-bond donors (Lipinski definition) is 2. The van der Waals surface area contributed by atoms with Crippen LogP contribution in [-0.4, -0.2) is 18.5 Å². The van der Waals surface area contributed by atoms with E-state index >= 15 is 0 Å². The molecule has 0 bridgehead atoms. The zero-order chi connectivity index (χ0) is 19.9. The molecule has 1 aromatic carbocycles. The zero-order valence-electron chi connectivity index (χ0n) is 17.1. The van der Waals surface area contributed by atoms with Gasteiger partial charge in [-0.3, -0.25) is 4.79 Å². The van der Waals surface area contributed by atoms with Crippen LogP contribution < -0.4 is 10.6 Å². The number of amides is 1. The molecule has 152 valence electrons. The van der Waals surface area contributed by atoms with E-state index < -0.39 is 0 Å². The Morgan fingerprint density at radius 1 is 0.964 bits per heavy atom. The van der Waals surface area contributed by atoms with Crippen LogP contribution in [0.15, 0.2) is 42.1 Å². The van der Waals surface area contributed by atoms with Gasteiger partial charge in [0, 0.05) is 18.8 Å². The molecule has 1 aromatic rings. The number of carbonyl (C=O) groups excluding carboxylic acids is 1. The molecule has 2 N–H and O–H groups in total. The molecule has 0 unspecified atom stereocenters. The van der Waals surface area contributed by atoms with Crippen LogP contribution in [0.3, 0.4) is 0 Å². The van der Waals surface area contributed by atoms with Crippen LogP contribution in [0, 0.1) is 11.3 Å². The first-order chi connectivity index (χ1) is 13.8. The summed E-state index contributed by atoms with van der Waals surface area (Å²) in [7, 11) is 0. The highest BCUT2D eigenvalue weighted by atomic mass is 16.1. The summed E-state index contributed by atoms with van der Waals surface area (Å²) >= 11 is 0. The van der Waals surface area contributed by atoms with Gasteiger partial charge >= 0.3 is 0 Å². The van der Waals surface area contributed by atoms with Crippen LogP contribution in [0.1, 0.15) is 76.2 Å². The number of benzene rings is 1. The van der Waals surface area contributed by atoms with Gasteiger partial charge in [0.05, 0.1) is 0 Å². The normalized spacial score (nSPS) is 17.6. The molecular weight excluding hydrogens is 346 g/mol. The maximum Gasteiger partial charge on any atom is 0.263 e. The fourth-order valence-electron chi connectivity index (χ4n) is 3.75. The standard InChI is InChI=1S/C24H35N3O/c25-19-22(20-26-18-17-21-13-9-8-10-14-21)24(28)27-23-15-11-6-4-2-1-3-5-7-12-16-23/h8-10,13-14,20,23,26H,1-7,11-12,15-18H2,(H,27,28)/b22-20-. The fourth-order valence-corrected chi connectivity index (χ4v) is 3.75. The molecule has 1 aliphatic rings. The van der Waals surface area contributed by atoms with Crippen LogP contribution in [0.2, 0.25) is 0 Å². The summed E-state index contributed by atoms with van der Waals surface area (Å²) < 4.78 is 0. The topological polar surface area (TPSA) is 64.9 Å². The van der Waals surface area contributed by atoms with Crippen molar-refractivity contribution in [1.82, 2.24) is 10.6 Å². The Hall–Kier alpha value is -2.28. The third-order valence-electron chi connectivity index (χ3n) is 5.45. The Bertz CT molecular complexity index is 621. The maximum atomic E-state index is 12.5. The summed E-state index contributed by atoms with van der Waals surface area (Å²) in [5, 5.41) is 15.6. The van der Waals surface area contributed by atoms with Gasteiger partial charge in [0.15, 0.2) is 0 Å². The van der Waals surface area contributed by atoms with E-state index in [9.17, 15) is 10.1 Å². The third kappa shape index (κ3) is 9.08. The van der Waals surface area contributed by atoms with Crippen molar-refractivity contribution in [2.75, 3.05) is 6.54 Å². The number of nitrogens with zero attached hydrogens (tertiary/aromatic N) is 1. The highest BCUT2D eigenvalue weighted by Crippen LogP contribution is 2.17. The van der Waals surface area contributed by atoms with Crippen LogP contribution in [-0.2, 0) is 11.2 Å². The van der Waals surface area contributed by atoms with Crippen molar-refractivity contribution in [2.45, 2.75) is 83.1 Å². The van der Waals surface area contributed by atoms with Gasteiger partial charge < -0.3 is 10.6 Å². The van der Waals surface area contributed by atoms with Crippen molar-refractivity contribution in [3.8, 4) is 6.07 Å². The molecular formula is C24H35N3O. The zero-order valence-corrected chi connectivity index (χ0v) is 17.1. The molecule has 0 radical (unpaired) electrons. The minimum atomic E-state index is -0.244. The highest BCUT2D eigenvalue weighted by Gasteiger charge is 2.15. The molecule has 28 heavy (non-hydrogen) atoms. The summed E-state index contributed by atoms with van der Waals surface area (Å²) in [6, 6.07) is 12.4. The summed E-state index contributed by atoms with van der Waals surface area (Å²) in [4.78, 5) is 12.5. The number of hydrogen-bond acceptors (Lipinski definition) is 3. The van der Waals surface area contributed by atoms with Gasteiger partial charge in [-0.15, -0.1) is 0 Å². The molecule has 0 aromatic heterocycles. The van der Waals surface area contributed by atoms with Crippen LogP contribution in [0.5, 0.6) is 0 Å².